The van der Waals surface area contributed by atoms with Crippen LogP contribution in [0.5, 0.6) is 0 Å². The van der Waals surface area contributed by atoms with Crippen molar-refractivity contribution in [2.45, 2.75) is 31.7 Å². The molecule has 0 spiro atoms. The van der Waals surface area contributed by atoms with E-state index in [4.69, 9.17) is 0 Å². The summed E-state index contributed by atoms with van der Waals surface area (Å²) < 4.78 is 1.09. The quantitative estimate of drug-likeness (QED) is 0.568. The molecular weight excluding hydrogens is 381 g/mol. The first-order valence-electron chi connectivity index (χ1n) is 5.61. The van der Waals surface area contributed by atoms with Crippen molar-refractivity contribution in [2.75, 3.05) is 16.8 Å². The van der Waals surface area contributed by atoms with Crippen LogP contribution in [0.15, 0.2) is 12.4 Å². The molecule has 0 aromatic carbocycles. The van der Waals surface area contributed by atoms with Crippen LogP contribution in [0.25, 0.3) is 0 Å². The van der Waals surface area contributed by atoms with Gasteiger partial charge in [-0.2, -0.15) is 0 Å². The molecule has 1 aromatic rings. The van der Waals surface area contributed by atoms with Crippen LogP contribution in [-0.2, 0) is 0 Å². The van der Waals surface area contributed by atoms with Crippen LogP contribution in [0.2, 0.25) is 0 Å². The van der Waals surface area contributed by atoms with Gasteiger partial charge in [-0.25, -0.2) is 9.97 Å². The van der Waals surface area contributed by atoms with Crippen LogP contribution >= 0.6 is 38.5 Å². The number of hydrogen-bond acceptors (Lipinski definition) is 3. The smallest absolute Gasteiger partial charge is 0.225 e. The lowest BCUT2D eigenvalue weighted by Gasteiger charge is -2.28. The van der Waals surface area contributed by atoms with Crippen molar-refractivity contribution in [3.63, 3.8) is 0 Å². The van der Waals surface area contributed by atoms with Crippen LogP contribution < -0.4 is 4.90 Å². The Morgan fingerprint density at radius 2 is 2.06 bits per heavy atom. The van der Waals surface area contributed by atoms with Gasteiger partial charge in [0.2, 0.25) is 5.95 Å². The summed E-state index contributed by atoms with van der Waals surface area (Å²) in [5.41, 5.74) is 0. The summed E-state index contributed by atoms with van der Waals surface area (Å²) in [4.78, 5) is 11.2. The molecule has 1 unspecified atom stereocenters. The SMILES string of the molecule is BrCC1CCCCCN1c1ncc(I)cn1. The highest BCUT2D eigenvalue weighted by molar-refractivity contribution is 14.1. The number of nitrogens with zero attached hydrogens (tertiary/aromatic N) is 3. The van der Waals surface area contributed by atoms with Crippen molar-refractivity contribution in [2.24, 2.45) is 0 Å². The summed E-state index contributed by atoms with van der Waals surface area (Å²) in [6, 6.07) is 0.544. The molecule has 0 bridgehead atoms. The zero-order chi connectivity index (χ0) is 11.4. The van der Waals surface area contributed by atoms with Gasteiger partial charge in [-0.1, -0.05) is 28.8 Å². The maximum Gasteiger partial charge on any atom is 0.225 e. The van der Waals surface area contributed by atoms with Gasteiger partial charge in [0.1, 0.15) is 0 Å². The van der Waals surface area contributed by atoms with Crippen LogP contribution in [-0.4, -0.2) is 27.9 Å². The minimum absolute atomic E-state index is 0.544. The van der Waals surface area contributed by atoms with Crippen molar-refractivity contribution in [1.82, 2.24) is 9.97 Å². The first kappa shape index (κ1) is 12.5. The lowest BCUT2D eigenvalue weighted by molar-refractivity contribution is 0.615. The molecule has 5 heteroatoms. The number of hydrogen-bond donors (Lipinski definition) is 0. The number of anilines is 1. The molecule has 16 heavy (non-hydrogen) atoms. The van der Waals surface area contributed by atoms with Crippen molar-refractivity contribution >= 4 is 44.5 Å². The van der Waals surface area contributed by atoms with E-state index in [1.54, 1.807) is 0 Å². The third-order valence-electron chi connectivity index (χ3n) is 2.92. The van der Waals surface area contributed by atoms with E-state index in [-0.39, 0.29) is 0 Å². The van der Waals surface area contributed by atoms with Gasteiger partial charge >= 0.3 is 0 Å². The number of halogens is 2. The van der Waals surface area contributed by atoms with Crippen LogP contribution in [0.1, 0.15) is 25.7 Å². The third-order valence-corrected chi connectivity index (χ3v) is 4.22. The van der Waals surface area contributed by atoms with Crippen molar-refractivity contribution in [1.29, 1.82) is 0 Å². The zero-order valence-electron chi connectivity index (χ0n) is 9.07. The minimum Gasteiger partial charge on any atom is -0.337 e. The molecule has 3 nitrogen and oxygen atoms in total. The van der Waals surface area contributed by atoms with Gasteiger partial charge in [0.15, 0.2) is 0 Å². The monoisotopic (exact) mass is 395 g/mol. The molecule has 1 aromatic heterocycles. The van der Waals surface area contributed by atoms with Crippen molar-refractivity contribution in [3.8, 4) is 0 Å². The highest BCUT2D eigenvalue weighted by atomic mass is 127. The Morgan fingerprint density at radius 1 is 1.31 bits per heavy atom. The fraction of sp³-hybridized carbons (Fsp3) is 0.636. The van der Waals surface area contributed by atoms with E-state index < -0.39 is 0 Å². The van der Waals surface area contributed by atoms with E-state index >= 15 is 0 Å². The topological polar surface area (TPSA) is 29.0 Å². The second kappa shape index (κ2) is 6.14. The molecule has 1 fully saturated rings. The first-order chi connectivity index (χ1) is 7.81. The van der Waals surface area contributed by atoms with E-state index in [0.717, 1.165) is 21.4 Å². The van der Waals surface area contributed by atoms with E-state index in [1.807, 2.05) is 12.4 Å². The molecule has 1 aliphatic rings. The second-order valence-corrected chi connectivity index (χ2v) is 5.95. The summed E-state index contributed by atoms with van der Waals surface area (Å²) in [5.74, 6) is 0.881. The summed E-state index contributed by atoms with van der Waals surface area (Å²) in [6.07, 6.45) is 8.90. The van der Waals surface area contributed by atoms with E-state index in [2.05, 4.69) is 53.4 Å². The van der Waals surface area contributed by atoms with E-state index in [0.29, 0.717) is 6.04 Å². The molecule has 1 atom stereocenters. The van der Waals surface area contributed by atoms with Gasteiger partial charge in [-0.05, 0) is 35.4 Å². The van der Waals surface area contributed by atoms with E-state index in [1.165, 1.54) is 25.7 Å². The van der Waals surface area contributed by atoms with Gasteiger partial charge in [0.25, 0.3) is 0 Å². The molecule has 0 aliphatic carbocycles. The Labute approximate surface area is 118 Å². The lowest BCUT2D eigenvalue weighted by atomic mass is 10.1. The minimum atomic E-state index is 0.544. The second-order valence-electron chi connectivity index (χ2n) is 4.05. The normalized spacial score (nSPS) is 21.9. The maximum absolute atomic E-state index is 4.43. The molecule has 0 radical (unpaired) electrons. The Balaban J connectivity index is 2.18. The van der Waals surface area contributed by atoms with Crippen LogP contribution in [0.3, 0.4) is 0 Å². The van der Waals surface area contributed by atoms with Crippen LogP contribution in [0, 0.1) is 3.57 Å². The summed E-state index contributed by atoms with van der Waals surface area (Å²) >= 11 is 5.84. The zero-order valence-corrected chi connectivity index (χ0v) is 12.8. The molecule has 1 saturated heterocycles. The molecule has 1 aliphatic heterocycles. The van der Waals surface area contributed by atoms with Gasteiger partial charge in [0.05, 0.1) is 0 Å². The highest BCUT2D eigenvalue weighted by Gasteiger charge is 2.21. The summed E-state index contributed by atoms with van der Waals surface area (Å²) in [7, 11) is 0. The summed E-state index contributed by atoms with van der Waals surface area (Å²) in [6.45, 7) is 1.08. The average Bonchev–Trinajstić information content (AvgIpc) is 2.55. The van der Waals surface area contributed by atoms with Gasteiger partial charge in [0, 0.05) is 33.9 Å². The standard InChI is InChI=1S/C11H15BrIN3/c12-6-10-4-2-1-3-5-16(10)11-14-7-9(13)8-15-11/h7-8,10H,1-6H2. The third kappa shape index (κ3) is 3.06. The summed E-state index contributed by atoms with van der Waals surface area (Å²) in [5, 5.41) is 1.00. The molecule has 0 saturated carbocycles. The lowest BCUT2D eigenvalue weighted by Crippen LogP contribution is -2.37. The Morgan fingerprint density at radius 3 is 2.75 bits per heavy atom. The Kier molecular flexibility index (Phi) is 4.81. The number of aromatic nitrogens is 2. The molecule has 0 N–H and O–H groups in total. The van der Waals surface area contributed by atoms with Gasteiger partial charge in [-0.15, -0.1) is 0 Å². The van der Waals surface area contributed by atoms with Gasteiger partial charge in [-0.3, -0.25) is 0 Å². The Hall–Kier alpha value is 0.0900. The molecular formula is C11H15BrIN3. The molecule has 88 valence electrons. The van der Waals surface area contributed by atoms with Gasteiger partial charge < -0.3 is 4.90 Å². The van der Waals surface area contributed by atoms with Crippen molar-refractivity contribution < 1.29 is 0 Å². The number of alkyl halides is 1. The largest absolute Gasteiger partial charge is 0.337 e. The first-order valence-corrected chi connectivity index (χ1v) is 7.81. The molecule has 0 amide bonds. The van der Waals surface area contributed by atoms with Crippen LogP contribution in [0.4, 0.5) is 5.95 Å². The Bertz CT molecular complexity index is 331. The fourth-order valence-electron chi connectivity index (χ4n) is 2.05. The maximum atomic E-state index is 4.43. The number of rotatable bonds is 2. The van der Waals surface area contributed by atoms with Crippen molar-refractivity contribution in [3.05, 3.63) is 16.0 Å². The fourth-order valence-corrected chi connectivity index (χ4v) is 3.01. The molecule has 2 heterocycles. The molecule has 2 rings (SSSR count). The predicted octanol–water partition coefficient (Wildman–Crippen LogP) is 3.23. The highest BCUT2D eigenvalue weighted by Crippen LogP contribution is 2.22. The predicted molar refractivity (Wildman–Crippen MR) is 78.1 cm³/mol. The average molecular weight is 396 g/mol. The van der Waals surface area contributed by atoms with E-state index in [9.17, 15) is 0 Å².